The van der Waals surface area contributed by atoms with Gasteiger partial charge < -0.3 is 10.1 Å². The molecule has 0 bridgehead atoms. The first-order chi connectivity index (χ1) is 16.8. The molecule has 1 N–H and O–H groups in total. The number of para-hydroxylation sites is 1. The number of sulfonamides is 1. The smallest absolute Gasteiger partial charge is 0.284 e. The van der Waals surface area contributed by atoms with Crippen LogP contribution >= 0.6 is 11.8 Å². The molecule has 1 heterocycles. The fourth-order valence-corrected chi connectivity index (χ4v) is 5.73. The second kappa shape index (κ2) is 10.3. The molecule has 1 saturated heterocycles. The summed E-state index contributed by atoms with van der Waals surface area (Å²) in [4.78, 5) is 27.2. The SMILES string of the molecule is COc1ccc(NC(=O)CC2S/C(=N\S(=O)(=O)c3ccc(C)cc3)N(c3ccccc3)C2=O)cc1. The van der Waals surface area contributed by atoms with E-state index in [-0.39, 0.29) is 22.4 Å². The largest absolute Gasteiger partial charge is 0.497 e. The normalized spacial score (nSPS) is 17.0. The minimum absolute atomic E-state index is 0.00372. The number of hydrogen-bond donors (Lipinski definition) is 1. The van der Waals surface area contributed by atoms with Crippen molar-refractivity contribution < 1.29 is 22.7 Å². The second-order valence-corrected chi connectivity index (χ2v) is 10.5. The van der Waals surface area contributed by atoms with E-state index in [1.54, 1.807) is 73.8 Å². The Bertz CT molecular complexity index is 1360. The number of amidine groups is 1. The molecule has 1 atom stereocenters. The third-order valence-electron chi connectivity index (χ3n) is 5.21. The molecule has 0 spiro atoms. The van der Waals surface area contributed by atoms with Crippen molar-refractivity contribution in [2.75, 3.05) is 17.3 Å². The number of nitrogens with zero attached hydrogens (tertiary/aromatic N) is 2. The minimum atomic E-state index is -4.07. The van der Waals surface area contributed by atoms with Gasteiger partial charge in [0, 0.05) is 12.1 Å². The van der Waals surface area contributed by atoms with Gasteiger partial charge in [0.15, 0.2) is 5.17 Å². The Morgan fingerprint density at radius 3 is 2.31 bits per heavy atom. The zero-order chi connectivity index (χ0) is 25.0. The van der Waals surface area contributed by atoms with E-state index in [1.165, 1.54) is 17.0 Å². The van der Waals surface area contributed by atoms with Gasteiger partial charge in [0.1, 0.15) is 11.0 Å². The summed E-state index contributed by atoms with van der Waals surface area (Å²) in [7, 11) is -2.52. The van der Waals surface area contributed by atoms with Crippen LogP contribution in [0.2, 0.25) is 0 Å². The van der Waals surface area contributed by atoms with Crippen LogP contribution in [0.4, 0.5) is 11.4 Å². The van der Waals surface area contributed by atoms with Crippen molar-refractivity contribution in [2.24, 2.45) is 4.40 Å². The van der Waals surface area contributed by atoms with E-state index in [1.807, 2.05) is 6.92 Å². The number of ether oxygens (including phenoxy) is 1. The van der Waals surface area contributed by atoms with Crippen molar-refractivity contribution >= 4 is 50.1 Å². The predicted molar refractivity (Wildman–Crippen MR) is 137 cm³/mol. The number of carbonyl (C=O) groups is 2. The third-order valence-corrected chi connectivity index (χ3v) is 7.75. The number of anilines is 2. The number of amides is 2. The van der Waals surface area contributed by atoms with Gasteiger partial charge in [0.05, 0.1) is 17.7 Å². The van der Waals surface area contributed by atoms with Crippen molar-refractivity contribution in [1.82, 2.24) is 0 Å². The summed E-state index contributed by atoms with van der Waals surface area (Å²) in [6, 6.07) is 21.8. The van der Waals surface area contributed by atoms with Gasteiger partial charge in [0.25, 0.3) is 10.0 Å². The standard InChI is InChI=1S/C25H23N3O5S2/c1-17-8-14-21(15-9-17)35(31,32)27-25-28(19-6-4-3-5-7-19)24(30)22(34-25)16-23(29)26-18-10-12-20(33-2)13-11-18/h3-15,22H,16H2,1-2H3,(H,26,29)/b27-25-. The van der Waals surface area contributed by atoms with Crippen LogP contribution in [-0.4, -0.2) is 37.8 Å². The lowest BCUT2D eigenvalue weighted by atomic mass is 10.2. The van der Waals surface area contributed by atoms with E-state index >= 15 is 0 Å². The molecule has 3 aromatic carbocycles. The van der Waals surface area contributed by atoms with Gasteiger partial charge in [-0.3, -0.25) is 14.5 Å². The number of rotatable bonds is 7. The number of nitrogens with one attached hydrogen (secondary N) is 1. The molecule has 0 aromatic heterocycles. The number of aryl methyl sites for hydroxylation is 1. The highest BCUT2D eigenvalue weighted by Crippen LogP contribution is 2.35. The number of hydrogen-bond acceptors (Lipinski definition) is 6. The van der Waals surface area contributed by atoms with Gasteiger partial charge >= 0.3 is 0 Å². The maximum Gasteiger partial charge on any atom is 0.284 e. The molecule has 1 unspecified atom stereocenters. The van der Waals surface area contributed by atoms with Gasteiger partial charge in [0.2, 0.25) is 11.8 Å². The van der Waals surface area contributed by atoms with E-state index in [2.05, 4.69) is 9.71 Å². The van der Waals surface area contributed by atoms with E-state index in [0.29, 0.717) is 17.1 Å². The number of thioether (sulfide) groups is 1. The first-order valence-corrected chi connectivity index (χ1v) is 13.0. The number of methoxy groups -OCH3 is 1. The van der Waals surface area contributed by atoms with Crippen molar-refractivity contribution in [3.05, 3.63) is 84.4 Å². The quantitative estimate of drug-likeness (QED) is 0.511. The van der Waals surface area contributed by atoms with E-state index in [9.17, 15) is 18.0 Å². The molecule has 1 fully saturated rings. The topological polar surface area (TPSA) is 105 Å². The van der Waals surface area contributed by atoms with Crippen LogP contribution in [0, 0.1) is 6.92 Å². The maximum atomic E-state index is 13.3. The van der Waals surface area contributed by atoms with Crippen molar-refractivity contribution in [3.63, 3.8) is 0 Å². The van der Waals surface area contributed by atoms with Gasteiger partial charge in [-0.1, -0.05) is 47.7 Å². The van der Waals surface area contributed by atoms with Crippen molar-refractivity contribution in [3.8, 4) is 5.75 Å². The molecule has 180 valence electrons. The monoisotopic (exact) mass is 509 g/mol. The third kappa shape index (κ3) is 5.72. The number of benzene rings is 3. The van der Waals surface area contributed by atoms with Crippen LogP contribution in [0.3, 0.4) is 0 Å². The van der Waals surface area contributed by atoms with E-state index < -0.39 is 21.2 Å². The summed E-state index contributed by atoms with van der Waals surface area (Å²) in [6.07, 6.45) is -0.150. The highest BCUT2D eigenvalue weighted by Gasteiger charge is 2.41. The summed E-state index contributed by atoms with van der Waals surface area (Å²) in [6.45, 7) is 1.85. The molecule has 0 radical (unpaired) electrons. The Kier molecular flexibility index (Phi) is 7.23. The van der Waals surface area contributed by atoms with Crippen LogP contribution in [0.15, 0.2) is 88.2 Å². The molecule has 2 amide bonds. The maximum absolute atomic E-state index is 13.3. The first-order valence-electron chi connectivity index (χ1n) is 10.7. The highest BCUT2D eigenvalue weighted by atomic mass is 32.2. The fourth-order valence-electron chi connectivity index (χ4n) is 3.40. The minimum Gasteiger partial charge on any atom is -0.497 e. The molecule has 35 heavy (non-hydrogen) atoms. The van der Waals surface area contributed by atoms with E-state index in [4.69, 9.17) is 4.74 Å². The molecular weight excluding hydrogens is 486 g/mol. The highest BCUT2D eigenvalue weighted by molar-refractivity contribution is 8.16. The zero-order valence-electron chi connectivity index (χ0n) is 19.0. The molecule has 1 aliphatic rings. The lowest BCUT2D eigenvalue weighted by molar-refractivity contribution is -0.121. The average molecular weight is 510 g/mol. The van der Waals surface area contributed by atoms with Crippen LogP contribution < -0.4 is 15.0 Å². The molecule has 3 aromatic rings. The molecule has 10 heteroatoms. The molecule has 4 rings (SSSR count). The summed E-state index contributed by atoms with van der Waals surface area (Å²) in [5, 5.41) is 1.92. The average Bonchev–Trinajstić information content (AvgIpc) is 3.13. The van der Waals surface area contributed by atoms with Crippen LogP contribution in [0.5, 0.6) is 5.75 Å². The molecule has 1 aliphatic heterocycles. The Labute approximate surface area is 208 Å². The lowest BCUT2D eigenvalue weighted by Crippen LogP contribution is -2.33. The van der Waals surface area contributed by atoms with Gasteiger partial charge in [-0.15, -0.1) is 4.40 Å². The van der Waals surface area contributed by atoms with Crippen LogP contribution in [0.1, 0.15) is 12.0 Å². The van der Waals surface area contributed by atoms with Gasteiger partial charge in [-0.25, -0.2) is 0 Å². The summed E-state index contributed by atoms with van der Waals surface area (Å²) in [5.41, 5.74) is 1.94. The molecule has 8 nitrogen and oxygen atoms in total. The Morgan fingerprint density at radius 2 is 1.69 bits per heavy atom. The fraction of sp³-hybridized carbons (Fsp3) is 0.160. The summed E-state index contributed by atoms with van der Waals surface area (Å²) < 4.78 is 35.1. The number of carbonyl (C=O) groups excluding carboxylic acids is 2. The predicted octanol–water partition coefficient (Wildman–Crippen LogP) is 4.23. The van der Waals surface area contributed by atoms with Crippen LogP contribution in [-0.2, 0) is 19.6 Å². The first kappa shape index (κ1) is 24.5. The summed E-state index contributed by atoms with van der Waals surface area (Å²) in [5.74, 6) is -0.140. The Morgan fingerprint density at radius 1 is 1.03 bits per heavy atom. The van der Waals surface area contributed by atoms with Crippen molar-refractivity contribution in [2.45, 2.75) is 23.5 Å². The van der Waals surface area contributed by atoms with Crippen molar-refractivity contribution in [1.29, 1.82) is 0 Å². The molecular formula is C25H23N3O5S2. The van der Waals surface area contributed by atoms with Crippen LogP contribution in [0.25, 0.3) is 0 Å². The van der Waals surface area contributed by atoms with E-state index in [0.717, 1.165) is 17.3 Å². The molecule has 0 aliphatic carbocycles. The van der Waals surface area contributed by atoms with Gasteiger partial charge in [-0.2, -0.15) is 8.42 Å². The molecule has 0 saturated carbocycles. The zero-order valence-corrected chi connectivity index (χ0v) is 20.7. The second-order valence-electron chi connectivity index (χ2n) is 7.76. The Balaban J connectivity index is 1.59. The van der Waals surface area contributed by atoms with Gasteiger partial charge in [-0.05, 0) is 55.5 Å². The lowest BCUT2D eigenvalue weighted by Gasteiger charge is -2.16. The Hall–Kier alpha value is -3.63. The summed E-state index contributed by atoms with van der Waals surface area (Å²) >= 11 is 0.958.